The number of ether oxygens (including phenoxy) is 2. The van der Waals surface area contributed by atoms with E-state index in [1.165, 1.54) is 32.1 Å². The highest BCUT2D eigenvalue weighted by Crippen LogP contribution is 2.26. The SMILES string of the molecule is CCCCCCCCCOC(=O)CCCCCCCCC(=O)OCc1cccc(Cl)c1Cl. The van der Waals surface area contributed by atoms with Gasteiger partial charge in [0.05, 0.1) is 16.7 Å². The molecule has 0 atom stereocenters. The lowest BCUT2D eigenvalue weighted by atomic mass is 10.1. The zero-order chi connectivity index (χ0) is 23.4. The van der Waals surface area contributed by atoms with Crippen LogP contribution in [0.25, 0.3) is 0 Å². The van der Waals surface area contributed by atoms with E-state index in [-0.39, 0.29) is 18.5 Å². The Kier molecular flexibility index (Phi) is 17.3. The highest BCUT2D eigenvalue weighted by atomic mass is 35.5. The number of carbonyl (C=O) groups is 2. The van der Waals surface area contributed by atoms with Crippen LogP contribution in [0.2, 0.25) is 10.0 Å². The largest absolute Gasteiger partial charge is 0.466 e. The molecule has 0 aliphatic heterocycles. The maximum Gasteiger partial charge on any atom is 0.306 e. The fraction of sp³-hybridized carbons (Fsp3) is 0.692. The van der Waals surface area contributed by atoms with E-state index in [1.54, 1.807) is 18.2 Å². The molecule has 0 saturated carbocycles. The van der Waals surface area contributed by atoms with Crippen LogP contribution in [0, 0.1) is 0 Å². The highest BCUT2D eigenvalue weighted by molar-refractivity contribution is 6.42. The summed E-state index contributed by atoms with van der Waals surface area (Å²) in [6.45, 7) is 2.93. The summed E-state index contributed by atoms with van der Waals surface area (Å²) >= 11 is 12.0. The van der Waals surface area contributed by atoms with E-state index in [1.807, 2.05) is 0 Å². The standard InChI is InChI=1S/C26H40Cl2O4/c1-2-3-4-5-8-11-14-20-31-24(29)18-12-9-6-7-10-13-19-25(30)32-21-22-16-15-17-23(27)26(22)28/h15-17H,2-14,18-21H2,1H3. The van der Waals surface area contributed by atoms with Gasteiger partial charge in [-0.25, -0.2) is 0 Å². The Bertz CT molecular complexity index is 649. The fourth-order valence-electron chi connectivity index (χ4n) is 3.45. The van der Waals surface area contributed by atoms with Crippen molar-refractivity contribution in [3.63, 3.8) is 0 Å². The number of esters is 2. The molecule has 0 aliphatic rings. The van der Waals surface area contributed by atoms with E-state index in [4.69, 9.17) is 32.7 Å². The van der Waals surface area contributed by atoms with Gasteiger partial charge in [-0.1, -0.05) is 106 Å². The second-order valence-electron chi connectivity index (χ2n) is 8.34. The van der Waals surface area contributed by atoms with E-state index in [9.17, 15) is 9.59 Å². The highest BCUT2D eigenvalue weighted by Gasteiger charge is 2.08. The summed E-state index contributed by atoms with van der Waals surface area (Å²) in [5.41, 5.74) is 0.716. The molecule has 0 unspecified atom stereocenters. The first-order valence-electron chi connectivity index (χ1n) is 12.3. The van der Waals surface area contributed by atoms with Gasteiger partial charge >= 0.3 is 11.9 Å². The van der Waals surface area contributed by atoms with Crippen LogP contribution < -0.4 is 0 Å². The molecule has 1 aromatic carbocycles. The van der Waals surface area contributed by atoms with Crippen molar-refractivity contribution in [3.8, 4) is 0 Å². The quantitative estimate of drug-likeness (QED) is 0.145. The van der Waals surface area contributed by atoms with Crippen LogP contribution in [0.3, 0.4) is 0 Å². The van der Waals surface area contributed by atoms with Crippen LogP contribution in [-0.4, -0.2) is 18.5 Å². The Morgan fingerprint density at radius 2 is 1.25 bits per heavy atom. The first kappa shape index (κ1) is 28.8. The summed E-state index contributed by atoms with van der Waals surface area (Å²) in [7, 11) is 0. The first-order valence-corrected chi connectivity index (χ1v) is 13.0. The Labute approximate surface area is 204 Å². The summed E-state index contributed by atoms with van der Waals surface area (Å²) in [6, 6.07) is 5.29. The van der Waals surface area contributed by atoms with Crippen molar-refractivity contribution in [2.75, 3.05) is 6.61 Å². The zero-order valence-electron chi connectivity index (χ0n) is 19.6. The zero-order valence-corrected chi connectivity index (χ0v) is 21.2. The molecule has 0 aromatic heterocycles. The molecule has 6 heteroatoms. The topological polar surface area (TPSA) is 52.6 Å². The van der Waals surface area contributed by atoms with Gasteiger partial charge in [-0.2, -0.15) is 0 Å². The van der Waals surface area contributed by atoms with Gasteiger partial charge in [0, 0.05) is 18.4 Å². The summed E-state index contributed by atoms with van der Waals surface area (Å²) in [6.07, 6.45) is 15.3. The van der Waals surface area contributed by atoms with Crippen molar-refractivity contribution in [1.82, 2.24) is 0 Å². The van der Waals surface area contributed by atoms with Gasteiger partial charge in [0.2, 0.25) is 0 Å². The van der Waals surface area contributed by atoms with E-state index in [0.29, 0.717) is 35.1 Å². The Morgan fingerprint density at radius 3 is 1.88 bits per heavy atom. The Balaban J connectivity index is 1.89. The number of hydrogen-bond donors (Lipinski definition) is 0. The molecule has 1 rings (SSSR count). The molecule has 182 valence electrons. The smallest absolute Gasteiger partial charge is 0.306 e. The van der Waals surface area contributed by atoms with Gasteiger partial charge in [-0.15, -0.1) is 0 Å². The molecule has 1 aromatic rings. The van der Waals surface area contributed by atoms with Crippen molar-refractivity contribution in [2.24, 2.45) is 0 Å². The maximum atomic E-state index is 11.9. The number of unbranched alkanes of at least 4 members (excludes halogenated alkanes) is 11. The molecule has 0 fully saturated rings. The lowest BCUT2D eigenvalue weighted by molar-refractivity contribution is -0.145. The Hall–Kier alpha value is -1.26. The number of carbonyl (C=O) groups excluding carboxylic acids is 2. The third kappa shape index (κ3) is 14.7. The number of benzene rings is 1. The van der Waals surface area contributed by atoms with Crippen molar-refractivity contribution < 1.29 is 19.1 Å². The maximum absolute atomic E-state index is 11.9. The predicted octanol–water partition coefficient (Wildman–Crippen LogP) is 8.45. The molecule has 0 saturated heterocycles. The minimum atomic E-state index is -0.218. The van der Waals surface area contributed by atoms with Gasteiger partial charge in [0.1, 0.15) is 6.61 Å². The molecular weight excluding hydrogens is 447 g/mol. The lowest BCUT2D eigenvalue weighted by Gasteiger charge is -2.07. The average Bonchev–Trinajstić information content (AvgIpc) is 2.78. The summed E-state index contributed by atoms with van der Waals surface area (Å²) < 4.78 is 10.6. The molecule has 0 amide bonds. The second kappa shape index (κ2) is 19.2. The van der Waals surface area contributed by atoms with Crippen LogP contribution in [-0.2, 0) is 25.7 Å². The monoisotopic (exact) mass is 486 g/mol. The minimum Gasteiger partial charge on any atom is -0.466 e. The number of rotatable bonds is 19. The Morgan fingerprint density at radius 1 is 0.719 bits per heavy atom. The van der Waals surface area contributed by atoms with Gasteiger partial charge < -0.3 is 9.47 Å². The predicted molar refractivity (Wildman–Crippen MR) is 132 cm³/mol. The summed E-state index contributed by atoms with van der Waals surface area (Å²) in [5, 5.41) is 0.894. The average molecular weight is 488 g/mol. The molecule has 0 radical (unpaired) electrons. The molecular formula is C26H40Cl2O4. The summed E-state index contributed by atoms with van der Waals surface area (Å²) in [5.74, 6) is -0.289. The molecule has 0 bridgehead atoms. The van der Waals surface area contributed by atoms with E-state index in [2.05, 4.69) is 6.92 Å². The third-order valence-electron chi connectivity index (χ3n) is 5.44. The molecule has 32 heavy (non-hydrogen) atoms. The van der Waals surface area contributed by atoms with Gasteiger partial charge in [-0.05, 0) is 25.3 Å². The van der Waals surface area contributed by atoms with Crippen LogP contribution >= 0.6 is 23.2 Å². The number of hydrogen-bond acceptors (Lipinski definition) is 4. The van der Waals surface area contributed by atoms with E-state index in [0.717, 1.165) is 51.4 Å². The first-order chi connectivity index (χ1) is 15.5. The van der Waals surface area contributed by atoms with Gasteiger partial charge in [-0.3, -0.25) is 9.59 Å². The van der Waals surface area contributed by atoms with E-state index >= 15 is 0 Å². The van der Waals surface area contributed by atoms with Crippen molar-refractivity contribution in [1.29, 1.82) is 0 Å². The third-order valence-corrected chi connectivity index (χ3v) is 6.30. The van der Waals surface area contributed by atoms with E-state index < -0.39 is 0 Å². The molecule has 0 aliphatic carbocycles. The summed E-state index contributed by atoms with van der Waals surface area (Å²) in [4.78, 5) is 23.6. The van der Waals surface area contributed by atoms with Gasteiger partial charge in [0.25, 0.3) is 0 Å². The fourth-order valence-corrected chi connectivity index (χ4v) is 3.83. The van der Waals surface area contributed by atoms with Crippen LogP contribution in [0.4, 0.5) is 0 Å². The molecule has 0 N–H and O–H groups in total. The normalized spacial score (nSPS) is 10.8. The molecule has 0 heterocycles. The van der Waals surface area contributed by atoms with Gasteiger partial charge in [0.15, 0.2) is 0 Å². The van der Waals surface area contributed by atoms with Crippen molar-refractivity contribution >= 4 is 35.1 Å². The minimum absolute atomic E-state index is 0.0708. The molecule has 0 spiro atoms. The lowest BCUT2D eigenvalue weighted by Crippen LogP contribution is -2.05. The van der Waals surface area contributed by atoms with Crippen molar-refractivity contribution in [2.45, 2.75) is 110 Å². The van der Waals surface area contributed by atoms with Crippen molar-refractivity contribution in [3.05, 3.63) is 33.8 Å². The van der Waals surface area contributed by atoms with Crippen LogP contribution in [0.1, 0.15) is 109 Å². The second-order valence-corrected chi connectivity index (χ2v) is 9.12. The van der Waals surface area contributed by atoms with Crippen LogP contribution in [0.5, 0.6) is 0 Å². The molecule has 4 nitrogen and oxygen atoms in total. The number of halogens is 2. The van der Waals surface area contributed by atoms with Crippen LogP contribution in [0.15, 0.2) is 18.2 Å².